The summed E-state index contributed by atoms with van der Waals surface area (Å²) < 4.78 is 0. The monoisotopic (exact) mass is 450 g/mol. The van der Waals surface area contributed by atoms with Gasteiger partial charge in [-0.1, -0.05) is 54.2 Å². The van der Waals surface area contributed by atoms with Crippen molar-refractivity contribution in [1.29, 1.82) is 0 Å². The molecule has 1 heterocycles. The zero-order chi connectivity index (χ0) is 22.8. The molecule has 0 atom stereocenters. The molecule has 0 bridgehead atoms. The van der Waals surface area contributed by atoms with Crippen LogP contribution in [0.15, 0.2) is 106 Å². The number of benzene rings is 4. The summed E-state index contributed by atoms with van der Waals surface area (Å²) in [7, 11) is 0. The second-order valence-corrected chi connectivity index (χ2v) is 8.87. The van der Waals surface area contributed by atoms with Gasteiger partial charge in [-0.3, -0.25) is 4.79 Å². The number of rotatable bonds is 4. The van der Waals surface area contributed by atoms with Crippen LogP contribution in [-0.2, 0) is 6.54 Å². The van der Waals surface area contributed by atoms with E-state index in [0.717, 1.165) is 37.9 Å². The predicted molar refractivity (Wildman–Crippen MR) is 135 cm³/mol. The first kappa shape index (κ1) is 20.8. The van der Waals surface area contributed by atoms with Crippen molar-refractivity contribution in [2.24, 2.45) is 4.99 Å². The van der Waals surface area contributed by atoms with Gasteiger partial charge in [0.05, 0.1) is 11.4 Å². The van der Waals surface area contributed by atoms with E-state index in [0.29, 0.717) is 23.5 Å². The quantitative estimate of drug-likeness (QED) is 0.319. The van der Waals surface area contributed by atoms with Crippen molar-refractivity contribution in [3.63, 3.8) is 0 Å². The predicted octanol–water partition coefficient (Wildman–Crippen LogP) is 5.41. The van der Waals surface area contributed by atoms with Crippen LogP contribution in [0.3, 0.4) is 0 Å². The van der Waals surface area contributed by atoms with Crippen molar-refractivity contribution in [1.82, 2.24) is 5.32 Å². The molecule has 0 saturated carbocycles. The van der Waals surface area contributed by atoms with Gasteiger partial charge in [-0.15, -0.1) is 0 Å². The van der Waals surface area contributed by atoms with Crippen LogP contribution in [-0.4, -0.2) is 11.6 Å². The Bertz CT molecular complexity index is 1360. The van der Waals surface area contributed by atoms with E-state index in [1.807, 2.05) is 78.9 Å². The number of nitrogens with one attached hydrogen (secondary N) is 1. The number of anilines is 2. The van der Waals surface area contributed by atoms with E-state index in [1.54, 1.807) is 11.8 Å². The summed E-state index contributed by atoms with van der Waals surface area (Å²) >= 11 is 1.65. The van der Waals surface area contributed by atoms with E-state index < -0.39 is 0 Å². The van der Waals surface area contributed by atoms with E-state index >= 15 is 0 Å². The Morgan fingerprint density at radius 2 is 1.52 bits per heavy atom. The first-order valence-corrected chi connectivity index (χ1v) is 11.4. The zero-order valence-corrected chi connectivity index (χ0v) is 18.6. The SMILES string of the molecule is Nc1ccc(CNC(=O)c2ccc3c(c2)N=C(c2ccc(N)cc2)c2ccccc2S3)cc1. The lowest BCUT2D eigenvalue weighted by Crippen LogP contribution is -2.22. The Balaban J connectivity index is 1.49. The van der Waals surface area contributed by atoms with Gasteiger partial charge in [0, 0.05) is 44.4 Å². The van der Waals surface area contributed by atoms with E-state index in [-0.39, 0.29) is 5.91 Å². The maximum Gasteiger partial charge on any atom is 0.251 e. The number of carbonyl (C=O) groups is 1. The summed E-state index contributed by atoms with van der Waals surface area (Å²) in [6.07, 6.45) is 0. The number of fused-ring (bicyclic) bond motifs is 2. The molecule has 162 valence electrons. The molecular weight excluding hydrogens is 428 g/mol. The fourth-order valence-electron chi connectivity index (χ4n) is 3.66. The van der Waals surface area contributed by atoms with E-state index in [2.05, 4.69) is 17.4 Å². The topological polar surface area (TPSA) is 93.5 Å². The summed E-state index contributed by atoms with van der Waals surface area (Å²) in [5.41, 5.74) is 18.2. The van der Waals surface area contributed by atoms with Gasteiger partial charge in [0.1, 0.15) is 0 Å². The van der Waals surface area contributed by atoms with Crippen LogP contribution >= 0.6 is 11.8 Å². The van der Waals surface area contributed by atoms with Crippen LogP contribution in [0, 0.1) is 0 Å². The second kappa shape index (κ2) is 8.84. The lowest BCUT2D eigenvalue weighted by Gasteiger charge is -2.09. The maximum atomic E-state index is 12.9. The van der Waals surface area contributed by atoms with Crippen LogP contribution in [0.4, 0.5) is 17.1 Å². The summed E-state index contributed by atoms with van der Waals surface area (Å²) in [5.74, 6) is -0.148. The number of nitrogens with zero attached hydrogens (tertiary/aromatic N) is 1. The molecule has 5 rings (SSSR count). The number of carbonyl (C=O) groups excluding carboxylic acids is 1. The Kier molecular flexibility index (Phi) is 5.59. The average Bonchev–Trinajstić information content (AvgIpc) is 3.00. The molecule has 4 aromatic carbocycles. The number of nitrogen functional groups attached to an aromatic ring is 2. The lowest BCUT2D eigenvalue weighted by atomic mass is 10.0. The lowest BCUT2D eigenvalue weighted by molar-refractivity contribution is 0.0951. The van der Waals surface area contributed by atoms with E-state index in [9.17, 15) is 4.79 Å². The minimum Gasteiger partial charge on any atom is -0.399 e. The average molecular weight is 451 g/mol. The standard InChI is InChI=1S/C27H22N4OS/c28-20-10-5-17(6-11-20)16-30-27(32)19-9-14-25-23(15-19)31-26(18-7-12-21(29)13-8-18)22-3-1-2-4-24(22)33-25/h1-15H,16,28-29H2,(H,30,32). The van der Waals surface area contributed by atoms with E-state index in [4.69, 9.17) is 16.5 Å². The molecule has 33 heavy (non-hydrogen) atoms. The Morgan fingerprint density at radius 3 is 2.27 bits per heavy atom. The number of hydrogen-bond donors (Lipinski definition) is 3. The maximum absolute atomic E-state index is 12.9. The first-order valence-electron chi connectivity index (χ1n) is 10.6. The van der Waals surface area contributed by atoms with Crippen LogP contribution < -0.4 is 16.8 Å². The van der Waals surface area contributed by atoms with Gasteiger partial charge in [-0.2, -0.15) is 0 Å². The van der Waals surface area contributed by atoms with Gasteiger partial charge in [0.15, 0.2) is 0 Å². The summed E-state index contributed by atoms with van der Waals surface area (Å²) in [6.45, 7) is 0.427. The molecule has 0 saturated heterocycles. The normalized spacial score (nSPS) is 12.2. The molecule has 1 aliphatic heterocycles. The van der Waals surface area contributed by atoms with Crippen molar-refractivity contribution in [2.75, 3.05) is 11.5 Å². The third-order valence-electron chi connectivity index (χ3n) is 5.43. The molecule has 5 N–H and O–H groups in total. The number of amides is 1. The molecule has 1 amide bonds. The van der Waals surface area contributed by atoms with Gasteiger partial charge in [0.25, 0.3) is 5.91 Å². The molecule has 4 aromatic rings. The second-order valence-electron chi connectivity index (χ2n) is 7.79. The molecular formula is C27H22N4OS. The Morgan fingerprint density at radius 1 is 0.818 bits per heavy atom. The third kappa shape index (κ3) is 4.47. The molecule has 0 fully saturated rings. The molecule has 1 aliphatic rings. The third-order valence-corrected chi connectivity index (χ3v) is 6.57. The van der Waals surface area contributed by atoms with Crippen LogP contribution in [0.1, 0.15) is 27.0 Å². The minimum atomic E-state index is -0.148. The molecule has 0 unspecified atom stereocenters. The van der Waals surface area contributed by atoms with Crippen molar-refractivity contribution in [2.45, 2.75) is 16.3 Å². The molecule has 0 aromatic heterocycles. The van der Waals surface area contributed by atoms with Crippen molar-refractivity contribution in [3.05, 3.63) is 113 Å². The summed E-state index contributed by atoms with van der Waals surface area (Å²) in [6, 6.07) is 29.0. The smallest absolute Gasteiger partial charge is 0.251 e. The van der Waals surface area contributed by atoms with E-state index in [1.165, 1.54) is 0 Å². The fourth-order valence-corrected chi connectivity index (χ4v) is 4.67. The highest BCUT2D eigenvalue weighted by Gasteiger charge is 2.20. The fraction of sp³-hybridized carbons (Fsp3) is 0.0370. The van der Waals surface area contributed by atoms with Gasteiger partial charge in [-0.25, -0.2) is 4.99 Å². The Labute approximate surface area is 196 Å². The molecule has 0 aliphatic carbocycles. The van der Waals surface area contributed by atoms with Crippen molar-refractivity contribution in [3.8, 4) is 0 Å². The molecule has 5 nitrogen and oxygen atoms in total. The zero-order valence-electron chi connectivity index (χ0n) is 17.8. The summed E-state index contributed by atoms with van der Waals surface area (Å²) in [5, 5.41) is 2.97. The van der Waals surface area contributed by atoms with Crippen LogP contribution in [0.5, 0.6) is 0 Å². The molecule has 0 spiro atoms. The number of nitrogens with two attached hydrogens (primary N) is 2. The highest BCUT2D eigenvalue weighted by Crippen LogP contribution is 2.41. The summed E-state index contributed by atoms with van der Waals surface area (Å²) in [4.78, 5) is 20.0. The van der Waals surface area contributed by atoms with Crippen LogP contribution in [0.25, 0.3) is 0 Å². The Hall–Kier alpha value is -4.03. The van der Waals surface area contributed by atoms with Gasteiger partial charge in [-0.05, 0) is 54.1 Å². The number of hydrogen-bond acceptors (Lipinski definition) is 5. The van der Waals surface area contributed by atoms with Gasteiger partial charge in [0.2, 0.25) is 0 Å². The minimum absolute atomic E-state index is 0.148. The molecule has 0 radical (unpaired) electrons. The van der Waals surface area contributed by atoms with Crippen molar-refractivity contribution >= 4 is 40.4 Å². The molecule has 6 heteroatoms. The van der Waals surface area contributed by atoms with Crippen LogP contribution in [0.2, 0.25) is 0 Å². The highest BCUT2D eigenvalue weighted by molar-refractivity contribution is 7.99. The highest BCUT2D eigenvalue weighted by atomic mass is 32.2. The van der Waals surface area contributed by atoms with Crippen molar-refractivity contribution < 1.29 is 4.79 Å². The largest absolute Gasteiger partial charge is 0.399 e. The van der Waals surface area contributed by atoms with Gasteiger partial charge >= 0.3 is 0 Å². The first-order chi connectivity index (χ1) is 16.1. The number of aliphatic imine (C=N–C) groups is 1. The van der Waals surface area contributed by atoms with Gasteiger partial charge < -0.3 is 16.8 Å².